The molecule has 0 radical (unpaired) electrons. The van der Waals surface area contributed by atoms with Crippen molar-refractivity contribution in [2.24, 2.45) is 0 Å². The van der Waals surface area contributed by atoms with E-state index in [1.165, 1.54) is 48.5 Å². The minimum Gasteiger partial charge on any atom is -0.508 e. The first-order valence-electron chi connectivity index (χ1n) is 9.27. The van der Waals surface area contributed by atoms with E-state index in [0.29, 0.717) is 5.56 Å². The number of aromatic hydroxyl groups is 3. The van der Waals surface area contributed by atoms with Gasteiger partial charge in [0.25, 0.3) is 0 Å². The minimum atomic E-state index is -1.62. The lowest BCUT2D eigenvalue weighted by Crippen LogP contribution is -2.61. The van der Waals surface area contributed by atoms with Crippen LogP contribution in [-0.4, -0.2) is 73.9 Å². The van der Waals surface area contributed by atoms with Crippen molar-refractivity contribution >= 4 is 12.0 Å². The molecule has 6 N–H and O–H groups in total. The molecule has 166 valence electrons. The van der Waals surface area contributed by atoms with E-state index >= 15 is 0 Å². The predicted octanol–water partition coefficient (Wildman–Crippen LogP) is 0.246. The molecule has 1 fully saturated rings. The van der Waals surface area contributed by atoms with Crippen LogP contribution < -0.4 is 4.74 Å². The molecule has 1 saturated heterocycles. The van der Waals surface area contributed by atoms with Crippen molar-refractivity contribution in [3.8, 4) is 23.0 Å². The Labute approximate surface area is 176 Å². The van der Waals surface area contributed by atoms with Gasteiger partial charge in [-0.2, -0.15) is 0 Å². The number of benzene rings is 2. The first kappa shape index (κ1) is 22.4. The van der Waals surface area contributed by atoms with Crippen LogP contribution in [0.1, 0.15) is 5.56 Å². The summed E-state index contributed by atoms with van der Waals surface area (Å²) in [6, 6.07) is 9.45. The first-order chi connectivity index (χ1) is 14.8. The van der Waals surface area contributed by atoms with Crippen molar-refractivity contribution < 1.29 is 49.6 Å². The lowest BCUT2D eigenvalue weighted by atomic mass is 9.99. The van der Waals surface area contributed by atoms with Crippen LogP contribution in [0.2, 0.25) is 0 Å². The molecule has 0 aliphatic carbocycles. The molecule has 31 heavy (non-hydrogen) atoms. The van der Waals surface area contributed by atoms with E-state index in [9.17, 15) is 35.4 Å². The summed E-state index contributed by atoms with van der Waals surface area (Å²) < 4.78 is 16.3. The van der Waals surface area contributed by atoms with Crippen molar-refractivity contribution in [3.63, 3.8) is 0 Å². The second-order valence-corrected chi connectivity index (χ2v) is 6.80. The highest BCUT2D eigenvalue weighted by Gasteiger charge is 2.47. The molecule has 0 aromatic heterocycles. The van der Waals surface area contributed by atoms with Crippen molar-refractivity contribution in [2.75, 3.05) is 6.61 Å². The Morgan fingerprint density at radius 1 is 1.00 bits per heavy atom. The highest BCUT2D eigenvalue weighted by molar-refractivity contribution is 5.87. The lowest BCUT2D eigenvalue weighted by Gasteiger charge is -2.41. The van der Waals surface area contributed by atoms with Gasteiger partial charge in [-0.05, 0) is 48.0 Å². The Kier molecular flexibility index (Phi) is 6.98. The van der Waals surface area contributed by atoms with Crippen LogP contribution in [0.5, 0.6) is 23.0 Å². The molecule has 1 aliphatic rings. The lowest BCUT2D eigenvalue weighted by molar-refractivity contribution is -0.281. The molecular weight excluding hydrogens is 412 g/mol. The number of phenols is 3. The molecule has 2 aromatic rings. The molecule has 10 heteroatoms. The quantitative estimate of drug-likeness (QED) is 0.211. The molecular formula is C21H22O10. The topological polar surface area (TPSA) is 166 Å². The molecule has 1 heterocycles. The van der Waals surface area contributed by atoms with Gasteiger partial charge in [0.05, 0.1) is 6.61 Å². The molecule has 0 saturated carbocycles. The normalized spacial score (nSPS) is 26.0. The number of aliphatic hydroxyl groups is 3. The Morgan fingerprint density at radius 3 is 2.35 bits per heavy atom. The number of phenolic OH excluding ortho intramolecular Hbond substituents is 3. The number of hydrogen-bond acceptors (Lipinski definition) is 10. The number of aliphatic hydroxyl groups excluding tert-OH is 3. The molecule has 0 bridgehead atoms. The summed E-state index contributed by atoms with van der Waals surface area (Å²) in [4.78, 5) is 12.3. The Bertz CT molecular complexity index is 926. The standard InChI is InChI=1S/C21H22O10/c22-10-16-18(27)19(28)20(21(30-16)29-13-5-3-12(23)4-6-13)31-17(26)8-2-11-1-7-14(24)15(25)9-11/h1-9,16,18-25,27-28H,10H2/t16-,18-,19+,20-,21+/m1/s1. The summed E-state index contributed by atoms with van der Waals surface area (Å²) in [6.45, 7) is -0.613. The average molecular weight is 434 g/mol. The van der Waals surface area contributed by atoms with E-state index in [4.69, 9.17) is 14.2 Å². The van der Waals surface area contributed by atoms with E-state index in [0.717, 1.165) is 6.08 Å². The largest absolute Gasteiger partial charge is 0.508 e. The fourth-order valence-electron chi connectivity index (χ4n) is 2.92. The predicted molar refractivity (Wildman–Crippen MR) is 105 cm³/mol. The number of rotatable bonds is 6. The van der Waals surface area contributed by atoms with Gasteiger partial charge >= 0.3 is 5.97 Å². The smallest absolute Gasteiger partial charge is 0.331 e. The minimum absolute atomic E-state index is 0.00557. The third kappa shape index (κ3) is 5.44. The Hall–Kier alpha value is -3.31. The zero-order chi connectivity index (χ0) is 22.5. The van der Waals surface area contributed by atoms with Gasteiger partial charge in [-0.15, -0.1) is 0 Å². The summed E-state index contributed by atoms with van der Waals surface area (Å²) in [7, 11) is 0. The summed E-state index contributed by atoms with van der Waals surface area (Å²) in [5.41, 5.74) is 0.393. The zero-order valence-electron chi connectivity index (χ0n) is 16.1. The van der Waals surface area contributed by atoms with Gasteiger partial charge in [-0.3, -0.25) is 0 Å². The van der Waals surface area contributed by atoms with Crippen LogP contribution in [0.15, 0.2) is 48.5 Å². The highest BCUT2D eigenvalue weighted by atomic mass is 16.7. The molecule has 3 rings (SSSR count). The summed E-state index contributed by atoms with van der Waals surface area (Å²) in [5, 5.41) is 58.1. The van der Waals surface area contributed by atoms with Crippen molar-refractivity contribution in [1.29, 1.82) is 0 Å². The third-order valence-electron chi connectivity index (χ3n) is 4.58. The van der Waals surface area contributed by atoms with Crippen molar-refractivity contribution in [3.05, 3.63) is 54.1 Å². The van der Waals surface area contributed by atoms with Gasteiger partial charge in [-0.25, -0.2) is 4.79 Å². The summed E-state index contributed by atoms with van der Waals surface area (Å²) >= 11 is 0. The van der Waals surface area contributed by atoms with E-state index in [1.54, 1.807) is 0 Å². The number of ether oxygens (including phenoxy) is 3. The SMILES string of the molecule is O=C(C=Cc1ccc(O)c(O)c1)O[C@H]1[C@@H](Oc2ccc(O)cc2)O[C@H](CO)[C@@H](O)[C@@H]1O. The fourth-order valence-corrected chi connectivity index (χ4v) is 2.92. The molecule has 5 atom stereocenters. The van der Waals surface area contributed by atoms with Crippen LogP contribution >= 0.6 is 0 Å². The Balaban J connectivity index is 1.75. The number of carbonyl (C=O) groups excluding carboxylic acids is 1. The maximum absolute atomic E-state index is 12.3. The number of esters is 1. The number of carbonyl (C=O) groups is 1. The van der Waals surface area contributed by atoms with Crippen LogP contribution in [-0.2, 0) is 14.3 Å². The first-order valence-corrected chi connectivity index (χ1v) is 9.27. The summed E-state index contributed by atoms with van der Waals surface area (Å²) in [5.74, 6) is -1.38. The number of hydrogen-bond donors (Lipinski definition) is 6. The van der Waals surface area contributed by atoms with Gasteiger partial charge in [0, 0.05) is 6.08 Å². The second-order valence-electron chi connectivity index (χ2n) is 6.80. The average Bonchev–Trinajstić information content (AvgIpc) is 2.75. The third-order valence-corrected chi connectivity index (χ3v) is 4.58. The van der Waals surface area contributed by atoms with E-state index in [1.807, 2.05) is 0 Å². The monoisotopic (exact) mass is 434 g/mol. The van der Waals surface area contributed by atoms with E-state index < -0.39 is 43.3 Å². The van der Waals surface area contributed by atoms with Gasteiger partial charge in [0.1, 0.15) is 29.8 Å². The fraction of sp³-hybridized carbons (Fsp3) is 0.286. The van der Waals surface area contributed by atoms with Crippen LogP contribution in [0.3, 0.4) is 0 Å². The molecule has 2 aromatic carbocycles. The van der Waals surface area contributed by atoms with Gasteiger partial charge in [0.2, 0.25) is 6.29 Å². The van der Waals surface area contributed by atoms with Crippen molar-refractivity contribution in [1.82, 2.24) is 0 Å². The second kappa shape index (κ2) is 9.67. The molecule has 1 aliphatic heterocycles. The van der Waals surface area contributed by atoms with Gasteiger partial charge in [-0.1, -0.05) is 6.07 Å². The molecule has 0 unspecified atom stereocenters. The molecule has 0 spiro atoms. The highest BCUT2D eigenvalue weighted by Crippen LogP contribution is 2.28. The summed E-state index contributed by atoms with van der Waals surface area (Å²) in [6.07, 6.45) is -4.83. The van der Waals surface area contributed by atoms with Crippen LogP contribution in [0, 0.1) is 0 Å². The maximum atomic E-state index is 12.3. The van der Waals surface area contributed by atoms with E-state index in [2.05, 4.69) is 0 Å². The molecule has 10 nitrogen and oxygen atoms in total. The van der Waals surface area contributed by atoms with Gasteiger partial charge < -0.3 is 44.8 Å². The van der Waals surface area contributed by atoms with Crippen molar-refractivity contribution in [2.45, 2.75) is 30.7 Å². The maximum Gasteiger partial charge on any atom is 0.331 e. The van der Waals surface area contributed by atoms with Gasteiger partial charge in [0.15, 0.2) is 17.6 Å². The zero-order valence-corrected chi connectivity index (χ0v) is 16.1. The van der Waals surface area contributed by atoms with E-state index in [-0.39, 0.29) is 23.0 Å². The molecule has 0 amide bonds. The Morgan fingerprint density at radius 2 is 1.71 bits per heavy atom. The van der Waals surface area contributed by atoms with Crippen LogP contribution in [0.25, 0.3) is 6.08 Å². The van der Waals surface area contributed by atoms with Crippen LogP contribution in [0.4, 0.5) is 0 Å².